The summed E-state index contributed by atoms with van der Waals surface area (Å²) in [6, 6.07) is 0.652. The summed E-state index contributed by atoms with van der Waals surface area (Å²) in [5.41, 5.74) is 5.63. The van der Waals surface area contributed by atoms with Gasteiger partial charge in [-0.2, -0.15) is 0 Å². The molecule has 5 heteroatoms. The lowest BCUT2D eigenvalue weighted by molar-refractivity contribution is 0.209. The number of piperazine rings is 1. The van der Waals surface area contributed by atoms with E-state index in [0.717, 1.165) is 26.2 Å². The van der Waals surface area contributed by atoms with Gasteiger partial charge in [-0.15, -0.1) is 0 Å². The summed E-state index contributed by atoms with van der Waals surface area (Å²) in [5.74, 6) is 0. The van der Waals surface area contributed by atoms with Crippen molar-refractivity contribution < 1.29 is 0 Å². The standard InChI is InChI=1S/C10H18N4S/c1-8(2)13-3-5-14(6-4-13)9-7-12-10(11)15-9/h7-8H,3-6H2,1-2H3,(H2,11,12). The van der Waals surface area contributed by atoms with Crippen molar-refractivity contribution in [2.75, 3.05) is 36.8 Å². The molecule has 2 heterocycles. The normalized spacial score (nSPS) is 18.7. The second-order valence-electron chi connectivity index (χ2n) is 4.15. The third kappa shape index (κ3) is 2.41. The fraction of sp³-hybridized carbons (Fsp3) is 0.700. The van der Waals surface area contributed by atoms with E-state index >= 15 is 0 Å². The van der Waals surface area contributed by atoms with Crippen LogP contribution in [0.1, 0.15) is 13.8 Å². The van der Waals surface area contributed by atoms with Gasteiger partial charge in [0, 0.05) is 32.2 Å². The molecular formula is C10H18N4S. The summed E-state index contributed by atoms with van der Waals surface area (Å²) in [5, 5.41) is 1.87. The van der Waals surface area contributed by atoms with E-state index in [2.05, 4.69) is 28.6 Å². The van der Waals surface area contributed by atoms with Crippen molar-refractivity contribution in [3.05, 3.63) is 6.20 Å². The summed E-state index contributed by atoms with van der Waals surface area (Å²) in [6.45, 7) is 8.94. The third-order valence-corrected chi connectivity index (χ3v) is 3.75. The summed E-state index contributed by atoms with van der Waals surface area (Å²) >= 11 is 1.58. The van der Waals surface area contributed by atoms with Crippen LogP contribution in [0.2, 0.25) is 0 Å². The van der Waals surface area contributed by atoms with Gasteiger partial charge in [0.15, 0.2) is 5.13 Å². The fourth-order valence-corrected chi connectivity index (χ4v) is 2.62. The molecule has 0 radical (unpaired) electrons. The van der Waals surface area contributed by atoms with Crippen molar-refractivity contribution in [2.24, 2.45) is 0 Å². The molecule has 2 N–H and O–H groups in total. The van der Waals surface area contributed by atoms with Gasteiger partial charge in [-0.25, -0.2) is 4.98 Å². The molecule has 0 aromatic carbocycles. The lowest BCUT2D eigenvalue weighted by atomic mass is 10.2. The van der Waals surface area contributed by atoms with Crippen LogP contribution in [0.3, 0.4) is 0 Å². The van der Waals surface area contributed by atoms with Gasteiger partial charge >= 0.3 is 0 Å². The minimum absolute atomic E-state index is 0.652. The maximum atomic E-state index is 5.63. The summed E-state index contributed by atoms with van der Waals surface area (Å²) in [4.78, 5) is 8.96. The van der Waals surface area contributed by atoms with Crippen molar-refractivity contribution >= 4 is 21.5 Å². The van der Waals surface area contributed by atoms with Crippen LogP contribution in [0.4, 0.5) is 10.1 Å². The van der Waals surface area contributed by atoms with E-state index in [-0.39, 0.29) is 0 Å². The van der Waals surface area contributed by atoms with Gasteiger partial charge in [0.2, 0.25) is 0 Å². The van der Waals surface area contributed by atoms with Gasteiger partial charge in [-0.3, -0.25) is 4.90 Å². The quantitative estimate of drug-likeness (QED) is 0.824. The SMILES string of the molecule is CC(C)N1CCN(c2cnc(N)s2)CC1. The molecule has 1 aliphatic rings. The Morgan fingerprint density at radius 2 is 2.00 bits per heavy atom. The molecule has 0 unspecified atom stereocenters. The molecule has 1 aromatic heterocycles. The molecule has 84 valence electrons. The van der Waals surface area contributed by atoms with E-state index in [0.29, 0.717) is 11.2 Å². The van der Waals surface area contributed by atoms with Crippen LogP contribution in [0.25, 0.3) is 0 Å². The van der Waals surface area contributed by atoms with E-state index < -0.39 is 0 Å². The molecule has 1 saturated heterocycles. The lowest BCUT2D eigenvalue weighted by Gasteiger charge is -2.37. The number of nitrogens with two attached hydrogens (primary N) is 1. The van der Waals surface area contributed by atoms with Crippen LogP contribution in [0.5, 0.6) is 0 Å². The molecule has 4 nitrogen and oxygen atoms in total. The Kier molecular flexibility index (Phi) is 3.11. The zero-order chi connectivity index (χ0) is 10.8. The molecule has 0 amide bonds. The van der Waals surface area contributed by atoms with Crippen molar-refractivity contribution in [3.8, 4) is 0 Å². The molecule has 2 rings (SSSR count). The van der Waals surface area contributed by atoms with Crippen molar-refractivity contribution in [1.82, 2.24) is 9.88 Å². The number of aromatic nitrogens is 1. The van der Waals surface area contributed by atoms with E-state index in [1.807, 2.05) is 6.20 Å². The molecule has 1 fully saturated rings. The highest BCUT2D eigenvalue weighted by atomic mass is 32.1. The molecule has 0 spiro atoms. The predicted molar refractivity (Wildman–Crippen MR) is 65.4 cm³/mol. The molecular weight excluding hydrogens is 208 g/mol. The number of thiazole rings is 1. The number of rotatable bonds is 2. The summed E-state index contributed by atoms with van der Waals surface area (Å²) in [6.07, 6.45) is 1.88. The van der Waals surface area contributed by atoms with Crippen LogP contribution >= 0.6 is 11.3 Å². The van der Waals surface area contributed by atoms with Crippen LogP contribution in [-0.2, 0) is 0 Å². The molecule has 0 bridgehead atoms. The second-order valence-corrected chi connectivity index (χ2v) is 5.19. The highest BCUT2D eigenvalue weighted by molar-refractivity contribution is 7.19. The first-order valence-electron chi connectivity index (χ1n) is 5.37. The maximum absolute atomic E-state index is 5.63. The van der Waals surface area contributed by atoms with E-state index in [9.17, 15) is 0 Å². The molecule has 0 saturated carbocycles. The fourth-order valence-electron chi connectivity index (χ4n) is 1.88. The predicted octanol–water partition coefficient (Wildman–Crippen LogP) is 1.26. The first kappa shape index (κ1) is 10.7. The number of nitrogens with zero attached hydrogens (tertiary/aromatic N) is 3. The Balaban J connectivity index is 1.93. The van der Waals surface area contributed by atoms with Crippen molar-refractivity contribution in [2.45, 2.75) is 19.9 Å². The Hall–Kier alpha value is -0.810. The third-order valence-electron chi connectivity index (χ3n) is 2.87. The van der Waals surface area contributed by atoms with Gasteiger partial charge in [-0.05, 0) is 13.8 Å². The van der Waals surface area contributed by atoms with Gasteiger partial charge in [0.25, 0.3) is 0 Å². The number of hydrogen-bond donors (Lipinski definition) is 1. The van der Waals surface area contributed by atoms with Crippen molar-refractivity contribution in [3.63, 3.8) is 0 Å². The minimum Gasteiger partial charge on any atom is -0.375 e. The molecule has 0 aliphatic carbocycles. The lowest BCUT2D eigenvalue weighted by Crippen LogP contribution is -2.48. The van der Waals surface area contributed by atoms with Crippen molar-refractivity contribution in [1.29, 1.82) is 0 Å². The number of nitrogen functional groups attached to an aromatic ring is 1. The Bertz CT molecular complexity index is 315. The molecule has 1 aliphatic heterocycles. The van der Waals surface area contributed by atoms with Gasteiger partial charge < -0.3 is 10.6 Å². The van der Waals surface area contributed by atoms with Gasteiger partial charge in [0.1, 0.15) is 5.00 Å². The average Bonchev–Trinajstić information content (AvgIpc) is 2.65. The first-order valence-corrected chi connectivity index (χ1v) is 6.19. The summed E-state index contributed by atoms with van der Waals surface area (Å²) < 4.78 is 0. The smallest absolute Gasteiger partial charge is 0.181 e. The van der Waals surface area contributed by atoms with Crippen LogP contribution < -0.4 is 10.6 Å². The molecule has 15 heavy (non-hydrogen) atoms. The number of hydrogen-bond acceptors (Lipinski definition) is 5. The Labute approximate surface area is 94.7 Å². The highest BCUT2D eigenvalue weighted by Crippen LogP contribution is 2.25. The topological polar surface area (TPSA) is 45.4 Å². The average molecular weight is 226 g/mol. The van der Waals surface area contributed by atoms with Crippen LogP contribution in [-0.4, -0.2) is 42.1 Å². The molecule has 1 aromatic rings. The Morgan fingerprint density at radius 3 is 2.47 bits per heavy atom. The zero-order valence-corrected chi connectivity index (χ0v) is 10.1. The Morgan fingerprint density at radius 1 is 1.33 bits per heavy atom. The molecule has 0 atom stereocenters. The largest absolute Gasteiger partial charge is 0.375 e. The van der Waals surface area contributed by atoms with E-state index in [1.54, 1.807) is 11.3 Å². The zero-order valence-electron chi connectivity index (χ0n) is 9.31. The van der Waals surface area contributed by atoms with E-state index in [4.69, 9.17) is 5.73 Å². The van der Waals surface area contributed by atoms with Crippen LogP contribution in [0, 0.1) is 0 Å². The maximum Gasteiger partial charge on any atom is 0.181 e. The summed E-state index contributed by atoms with van der Waals surface area (Å²) in [7, 11) is 0. The van der Waals surface area contributed by atoms with Gasteiger partial charge in [-0.1, -0.05) is 11.3 Å². The second kappa shape index (κ2) is 4.37. The van der Waals surface area contributed by atoms with Gasteiger partial charge in [0.05, 0.1) is 6.20 Å². The van der Waals surface area contributed by atoms with Crippen LogP contribution in [0.15, 0.2) is 6.20 Å². The first-order chi connectivity index (χ1) is 7.16. The minimum atomic E-state index is 0.652. The monoisotopic (exact) mass is 226 g/mol. The van der Waals surface area contributed by atoms with E-state index in [1.165, 1.54) is 5.00 Å². The highest BCUT2D eigenvalue weighted by Gasteiger charge is 2.19. The number of anilines is 2.